The van der Waals surface area contributed by atoms with Gasteiger partial charge >= 0.3 is 5.97 Å². The Morgan fingerprint density at radius 2 is 1.35 bits per heavy atom. The van der Waals surface area contributed by atoms with Crippen molar-refractivity contribution >= 4 is 11.5 Å². The molecule has 3 N–H and O–H groups in total. The summed E-state index contributed by atoms with van der Waals surface area (Å²) < 4.78 is 5.76. The van der Waals surface area contributed by atoms with Crippen molar-refractivity contribution in [3.63, 3.8) is 0 Å². The fraction of sp³-hybridized carbons (Fsp3) is 0.167. The maximum Gasteiger partial charge on any atom is 0.331 e. The monoisotopic (exact) mass is 312 g/mol. The number of ether oxygens (including phenoxy) is 1. The number of rotatable bonds is 1. The van der Waals surface area contributed by atoms with Gasteiger partial charge in [0.15, 0.2) is 0 Å². The van der Waals surface area contributed by atoms with E-state index >= 15 is 0 Å². The van der Waals surface area contributed by atoms with Crippen LogP contribution < -0.4 is 4.74 Å². The van der Waals surface area contributed by atoms with E-state index in [9.17, 15) is 20.1 Å². The minimum Gasteiger partial charge on any atom is -0.508 e. The molecule has 0 aromatic heterocycles. The molecule has 1 aliphatic rings. The first-order valence-electron chi connectivity index (χ1n) is 7.09. The van der Waals surface area contributed by atoms with Crippen LogP contribution in [0, 0.1) is 13.8 Å². The molecule has 2 aromatic rings. The van der Waals surface area contributed by atoms with Gasteiger partial charge in [-0.25, -0.2) is 4.79 Å². The highest BCUT2D eigenvalue weighted by Gasteiger charge is 2.27. The van der Waals surface area contributed by atoms with Gasteiger partial charge in [-0.1, -0.05) is 0 Å². The van der Waals surface area contributed by atoms with Gasteiger partial charge in [0, 0.05) is 34.4 Å². The Balaban J connectivity index is 2.39. The molecule has 118 valence electrons. The second-order valence-electron chi connectivity index (χ2n) is 5.68. The zero-order valence-corrected chi connectivity index (χ0v) is 13.0. The fourth-order valence-corrected chi connectivity index (χ4v) is 2.69. The van der Waals surface area contributed by atoms with Crippen LogP contribution >= 0.6 is 0 Å². The average molecular weight is 312 g/mol. The van der Waals surface area contributed by atoms with Gasteiger partial charge in [0.1, 0.15) is 23.0 Å². The van der Waals surface area contributed by atoms with E-state index in [1.807, 2.05) is 0 Å². The number of aryl methyl sites for hydroxylation is 2. The lowest BCUT2D eigenvalue weighted by Gasteiger charge is -2.25. The summed E-state index contributed by atoms with van der Waals surface area (Å²) in [7, 11) is 0. The van der Waals surface area contributed by atoms with Crippen LogP contribution in [0.25, 0.3) is 5.57 Å². The minimum atomic E-state index is -1.03. The van der Waals surface area contributed by atoms with Crippen molar-refractivity contribution in [1.82, 2.24) is 0 Å². The number of carboxylic acids is 1. The van der Waals surface area contributed by atoms with Gasteiger partial charge in [-0.15, -0.1) is 0 Å². The molecule has 0 saturated heterocycles. The number of benzene rings is 2. The molecule has 0 atom stereocenters. The third-order valence-corrected chi connectivity index (χ3v) is 4.05. The van der Waals surface area contributed by atoms with Crippen LogP contribution in [0.1, 0.15) is 29.2 Å². The number of fused-ring (bicyclic) bond motifs is 2. The second-order valence-corrected chi connectivity index (χ2v) is 5.68. The number of carbonyl (C=O) groups is 1. The molecule has 0 amide bonds. The van der Waals surface area contributed by atoms with Crippen molar-refractivity contribution in [1.29, 1.82) is 0 Å². The summed E-state index contributed by atoms with van der Waals surface area (Å²) in [6.45, 7) is 5.00. The summed E-state index contributed by atoms with van der Waals surface area (Å²) in [5.41, 5.74) is 3.17. The molecule has 3 rings (SSSR count). The molecule has 23 heavy (non-hydrogen) atoms. The fourth-order valence-electron chi connectivity index (χ4n) is 2.69. The summed E-state index contributed by atoms with van der Waals surface area (Å²) >= 11 is 0. The number of carboxylic acid groups (broad SMARTS) is 1. The molecule has 1 heterocycles. The maximum atomic E-state index is 11.5. The van der Waals surface area contributed by atoms with E-state index in [2.05, 4.69) is 0 Å². The van der Waals surface area contributed by atoms with Crippen LogP contribution in [-0.4, -0.2) is 21.3 Å². The molecule has 5 heteroatoms. The van der Waals surface area contributed by atoms with Crippen LogP contribution in [0.4, 0.5) is 0 Å². The SMILES string of the molecule is CC(C(=O)O)=C1c2cc(C)c(O)cc2Oc2cc(O)c(C)cc21. The lowest BCUT2D eigenvalue weighted by molar-refractivity contribution is -0.132. The van der Waals surface area contributed by atoms with E-state index < -0.39 is 5.97 Å². The van der Waals surface area contributed by atoms with Crippen LogP contribution in [0.3, 0.4) is 0 Å². The molecule has 0 unspecified atom stereocenters. The summed E-state index contributed by atoms with van der Waals surface area (Å²) in [5.74, 6) is -0.180. The standard InChI is InChI=1S/C18H16O5/c1-8-4-11-15(6-13(8)19)23-16-7-14(20)9(2)5-12(16)17(11)10(3)18(21)22/h4-7,19-20H,1-3H3,(H,21,22). The largest absolute Gasteiger partial charge is 0.508 e. The minimum absolute atomic E-state index is 0.0656. The van der Waals surface area contributed by atoms with E-state index in [1.54, 1.807) is 26.0 Å². The molecule has 0 radical (unpaired) electrons. The number of phenols is 2. The average Bonchev–Trinajstić information content (AvgIpc) is 2.48. The van der Waals surface area contributed by atoms with Crippen LogP contribution in [0.5, 0.6) is 23.0 Å². The Morgan fingerprint density at radius 1 is 0.913 bits per heavy atom. The molecule has 2 aromatic carbocycles. The summed E-state index contributed by atoms with van der Waals surface area (Å²) in [5, 5.41) is 29.2. The molecule has 0 aliphatic carbocycles. The van der Waals surface area contributed by atoms with Crippen molar-refractivity contribution in [3.05, 3.63) is 52.1 Å². The number of phenolic OH excluding ortho intramolecular Hbond substituents is 2. The van der Waals surface area contributed by atoms with Gasteiger partial charge in [0.25, 0.3) is 0 Å². The highest BCUT2D eigenvalue weighted by atomic mass is 16.5. The summed E-state index contributed by atoms with van der Waals surface area (Å²) in [6, 6.07) is 6.33. The van der Waals surface area contributed by atoms with E-state index in [1.165, 1.54) is 19.1 Å². The Bertz CT molecular complexity index is 818. The summed E-state index contributed by atoms with van der Waals surface area (Å²) in [4.78, 5) is 11.5. The van der Waals surface area contributed by atoms with E-state index in [0.717, 1.165) is 0 Å². The van der Waals surface area contributed by atoms with Gasteiger partial charge in [-0.05, 0) is 44.0 Å². The van der Waals surface area contributed by atoms with Crippen molar-refractivity contribution in [2.45, 2.75) is 20.8 Å². The predicted molar refractivity (Wildman–Crippen MR) is 85.1 cm³/mol. The number of hydrogen-bond acceptors (Lipinski definition) is 4. The van der Waals surface area contributed by atoms with E-state index in [4.69, 9.17) is 4.74 Å². The Kier molecular flexibility index (Phi) is 3.29. The first-order valence-corrected chi connectivity index (χ1v) is 7.09. The first-order chi connectivity index (χ1) is 10.8. The molecule has 0 spiro atoms. The van der Waals surface area contributed by atoms with E-state index in [0.29, 0.717) is 39.3 Å². The molecule has 0 saturated carbocycles. The smallest absolute Gasteiger partial charge is 0.331 e. The normalized spacial score (nSPS) is 12.2. The third-order valence-electron chi connectivity index (χ3n) is 4.05. The zero-order chi connectivity index (χ0) is 16.9. The molecular formula is C18H16O5. The quantitative estimate of drug-likeness (QED) is 0.596. The van der Waals surface area contributed by atoms with Crippen molar-refractivity contribution in [2.75, 3.05) is 0 Å². The van der Waals surface area contributed by atoms with Crippen LogP contribution in [0.2, 0.25) is 0 Å². The van der Waals surface area contributed by atoms with E-state index in [-0.39, 0.29) is 17.1 Å². The Labute approximate surface area is 133 Å². The maximum absolute atomic E-state index is 11.5. The van der Waals surface area contributed by atoms with Crippen LogP contribution in [0.15, 0.2) is 29.8 Å². The molecule has 0 fully saturated rings. The summed E-state index contributed by atoms with van der Waals surface area (Å²) in [6.07, 6.45) is 0. The third kappa shape index (κ3) is 2.30. The molecule has 5 nitrogen and oxygen atoms in total. The van der Waals surface area contributed by atoms with Gasteiger partial charge in [0.2, 0.25) is 0 Å². The molecule has 1 aliphatic heterocycles. The second kappa shape index (κ2) is 5.05. The highest BCUT2D eigenvalue weighted by molar-refractivity contribution is 6.03. The number of aromatic hydroxyl groups is 2. The lowest BCUT2D eigenvalue weighted by Crippen LogP contribution is -2.09. The number of aliphatic carboxylic acids is 1. The van der Waals surface area contributed by atoms with Crippen molar-refractivity contribution in [2.24, 2.45) is 0 Å². The van der Waals surface area contributed by atoms with Crippen molar-refractivity contribution in [3.8, 4) is 23.0 Å². The van der Waals surface area contributed by atoms with Gasteiger partial charge in [0.05, 0.1) is 0 Å². The van der Waals surface area contributed by atoms with Crippen molar-refractivity contribution < 1.29 is 24.9 Å². The zero-order valence-electron chi connectivity index (χ0n) is 13.0. The van der Waals surface area contributed by atoms with Gasteiger partial charge in [-0.2, -0.15) is 0 Å². The highest BCUT2D eigenvalue weighted by Crippen LogP contribution is 2.48. The topological polar surface area (TPSA) is 87.0 Å². The first kappa shape index (κ1) is 15.0. The Morgan fingerprint density at radius 3 is 1.74 bits per heavy atom. The Hall–Kier alpha value is -2.95. The molecule has 0 bridgehead atoms. The lowest BCUT2D eigenvalue weighted by atomic mass is 9.88. The predicted octanol–water partition coefficient (Wildman–Crippen LogP) is 3.73. The number of hydrogen-bond donors (Lipinski definition) is 3. The van der Waals surface area contributed by atoms with Crippen LogP contribution in [-0.2, 0) is 4.79 Å². The van der Waals surface area contributed by atoms with Gasteiger partial charge in [-0.3, -0.25) is 0 Å². The van der Waals surface area contributed by atoms with Gasteiger partial charge < -0.3 is 20.1 Å². The molecular weight excluding hydrogens is 296 g/mol.